The van der Waals surface area contributed by atoms with Gasteiger partial charge in [0.2, 0.25) is 5.91 Å². The van der Waals surface area contributed by atoms with Gasteiger partial charge >= 0.3 is 0 Å². The van der Waals surface area contributed by atoms with Crippen LogP contribution in [0.3, 0.4) is 0 Å². The zero-order valence-corrected chi connectivity index (χ0v) is 15.5. The van der Waals surface area contributed by atoms with Crippen LogP contribution in [0.25, 0.3) is 0 Å². The van der Waals surface area contributed by atoms with Gasteiger partial charge in [0.25, 0.3) is 0 Å². The van der Waals surface area contributed by atoms with Crippen molar-refractivity contribution in [3.8, 4) is 0 Å². The van der Waals surface area contributed by atoms with Gasteiger partial charge in [0.1, 0.15) is 11.6 Å². The fraction of sp³-hybridized carbons (Fsp3) is 0.650. The summed E-state index contributed by atoms with van der Waals surface area (Å²) in [5.41, 5.74) is 0.830. The van der Waals surface area contributed by atoms with Crippen LogP contribution in [0.4, 0.5) is 5.82 Å². The van der Waals surface area contributed by atoms with E-state index in [9.17, 15) is 9.59 Å². The van der Waals surface area contributed by atoms with Crippen molar-refractivity contribution in [2.24, 2.45) is 17.3 Å². The third-order valence-corrected chi connectivity index (χ3v) is 6.03. The summed E-state index contributed by atoms with van der Waals surface area (Å²) in [4.78, 5) is 31.0. The van der Waals surface area contributed by atoms with E-state index in [4.69, 9.17) is 0 Å². The van der Waals surface area contributed by atoms with Crippen LogP contribution in [0, 0.1) is 17.3 Å². The highest BCUT2D eigenvalue weighted by atomic mass is 16.2. The second-order valence-electron chi connectivity index (χ2n) is 8.06. The number of carbonyl (C=O) groups is 2. The molecule has 1 aliphatic carbocycles. The van der Waals surface area contributed by atoms with E-state index >= 15 is 0 Å². The Morgan fingerprint density at radius 2 is 1.96 bits per heavy atom. The second-order valence-corrected chi connectivity index (χ2v) is 8.06. The lowest BCUT2D eigenvalue weighted by atomic mass is 9.53. The Morgan fingerprint density at radius 1 is 1.24 bits per heavy atom. The smallest absolute Gasteiger partial charge is 0.223 e. The molecular weight excluding hydrogens is 314 g/mol. The SMILES string of the molecule is CC(=O)[C@@H]1C[C@H](C(=O)NCc2ccnc(N3CCCCC3)c2)C1(C)C. The van der Waals surface area contributed by atoms with Crippen LogP contribution < -0.4 is 10.2 Å². The van der Waals surface area contributed by atoms with E-state index in [1.807, 2.05) is 26.1 Å². The molecule has 2 aliphatic rings. The molecule has 1 aromatic rings. The van der Waals surface area contributed by atoms with Crippen molar-refractivity contribution in [1.29, 1.82) is 0 Å². The lowest BCUT2D eigenvalue weighted by Crippen LogP contribution is -2.54. The number of aromatic nitrogens is 1. The van der Waals surface area contributed by atoms with Gasteiger partial charge in [-0.3, -0.25) is 9.59 Å². The van der Waals surface area contributed by atoms with Crippen LogP contribution in [-0.2, 0) is 16.1 Å². The fourth-order valence-corrected chi connectivity index (χ4v) is 4.24. The van der Waals surface area contributed by atoms with Gasteiger partial charge in [-0.2, -0.15) is 0 Å². The summed E-state index contributed by atoms with van der Waals surface area (Å²) in [5, 5.41) is 3.05. The van der Waals surface area contributed by atoms with E-state index in [1.54, 1.807) is 6.92 Å². The van der Waals surface area contributed by atoms with Crippen LogP contribution >= 0.6 is 0 Å². The van der Waals surface area contributed by atoms with Crippen molar-refractivity contribution in [2.45, 2.75) is 53.0 Å². The molecule has 1 saturated carbocycles. The molecule has 1 aromatic heterocycles. The van der Waals surface area contributed by atoms with E-state index in [-0.39, 0.29) is 28.9 Å². The quantitative estimate of drug-likeness (QED) is 0.893. The van der Waals surface area contributed by atoms with E-state index in [2.05, 4.69) is 21.3 Å². The Hall–Kier alpha value is -1.91. The number of anilines is 1. The molecule has 1 saturated heterocycles. The van der Waals surface area contributed by atoms with Gasteiger partial charge in [0.05, 0.1) is 0 Å². The lowest BCUT2D eigenvalue weighted by molar-refractivity contribution is -0.148. The number of pyridine rings is 1. The Labute approximate surface area is 150 Å². The number of hydrogen-bond donors (Lipinski definition) is 1. The highest BCUT2D eigenvalue weighted by molar-refractivity contribution is 5.87. The molecule has 1 aliphatic heterocycles. The average molecular weight is 343 g/mol. The molecule has 1 amide bonds. The predicted molar refractivity (Wildman–Crippen MR) is 98.2 cm³/mol. The fourth-order valence-electron chi connectivity index (χ4n) is 4.24. The molecule has 0 radical (unpaired) electrons. The summed E-state index contributed by atoms with van der Waals surface area (Å²) in [6.45, 7) is 8.30. The average Bonchev–Trinajstić information content (AvgIpc) is 2.60. The number of rotatable bonds is 5. The van der Waals surface area contributed by atoms with E-state index < -0.39 is 0 Å². The minimum Gasteiger partial charge on any atom is -0.357 e. The van der Waals surface area contributed by atoms with E-state index in [1.165, 1.54) is 19.3 Å². The zero-order chi connectivity index (χ0) is 18.0. The first kappa shape index (κ1) is 17.9. The van der Waals surface area contributed by atoms with Crippen molar-refractivity contribution in [3.63, 3.8) is 0 Å². The first-order valence-corrected chi connectivity index (χ1v) is 9.37. The number of Topliss-reactive ketones (excluding diaryl/α,β-unsaturated/α-hetero) is 1. The maximum atomic E-state index is 12.5. The molecular formula is C20H29N3O2. The molecule has 5 heteroatoms. The third-order valence-electron chi connectivity index (χ3n) is 6.03. The van der Waals surface area contributed by atoms with Crippen LogP contribution in [-0.4, -0.2) is 29.8 Å². The van der Waals surface area contributed by atoms with Crippen molar-refractivity contribution in [2.75, 3.05) is 18.0 Å². The van der Waals surface area contributed by atoms with Crippen molar-refractivity contribution in [3.05, 3.63) is 23.9 Å². The Balaban J connectivity index is 1.57. The molecule has 0 unspecified atom stereocenters. The zero-order valence-electron chi connectivity index (χ0n) is 15.5. The number of hydrogen-bond acceptors (Lipinski definition) is 4. The van der Waals surface area contributed by atoms with E-state index in [0.29, 0.717) is 13.0 Å². The van der Waals surface area contributed by atoms with Crippen LogP contribution in [0.15, 0.2) is 18.3 Å². The number of carbonyl (C=O) groups excluding carboxylic acids is 2. The molecule has 2 heterocycles. The topological polar surface area (TPSA) is 62.3 Å². The maximum absolute atomic E-state index is 12.5. The second kappa shape index (κ2) is 7.14. The van der Waals surface area contributed by atoms with Gasteiger partial charge in [-0.1, -0.05) is 13.8 Å². The van der Waals surface area contributed by atoms with Gasteiger partial charge in [-0.25, -0.2) is 4.98 Å². The lowest BCUT2D eigenvalue weighted by Gasteiger charge is -2.49. The summed E-state index contributed by atoms with van der Waals surface area (Å²) >= 11 is 0. The summed E-state index contributed by atoms with van der Waals surface area (Å²) in [6, 6.07) is 4.04. The first-order valence-electron chi connectivity index (χ1n) is 9.37. The highest BCUT2D eigenvalue weighted by Gasteiger charge is 2.53. The molecule has 5 nitrogen and oxygen atoms in total. The minimum atomic E-state index is -0.243. The predicted octanol–water partition coefficient (Wildman–Crippen LogP) is 2.94. The molecule has 2 fully saturated rings. The Morgan fingerprint density at radius 3 is 2.60 bits per heavy atom. The summed E-state index contributed by atoms with van der Waals surface area (Å²) in [7, 11) is 0. The molecule has 25 heavy (non-hydrogen) atoms. The molecule has 136 valence electrons. The number of piperidine rings is 1. The molecule has 3 rings (SSSR count). The normalized spacial score (nSPS) is 25.2. The van der Waals surface area contributed by atoms with Gasteiger partial charge in [0, 0.05) is 37.7 Å². The van der Waals surface area contributed by atoms with Gasteiger partial charge < -0.3 is 10.2 Å². The summed E-state index contributed by atoms with van der Waals surface area (Å²) in [6.07, 6.45) is 6.23. The van der Waals surface area contributed by atoms with Crippen molar-refractivity contribution in [1.82, 2.24) is 10.3 Å². The Kier molecular flexibility index (Phi) is 5.11. The van der Waals surface area contributed by atoms with Crippen LogP contribution in [0.1, 0.15) is 52.0 Å². The number of amides is 1. The molecule has 0 aromatic carbocycles. The molecule has 2 atom stereocenters. The largest absolute Gasteiger partial charge is 0.357 e. The van der Waals surface area contributed by atoms with Crippen molar-refractivity contribution >= 4 is 17.5 Å². The summed E-state index contributed by atoms with van der Waals surface area (Å²) < 4.78 is 0. The third kappa shape index (κ3) is 3.70. The molecule has 0 bridgehead atoms. The summed E-state index contributed by atoms with van der Waals surface area (Å²) in [5.74, 6) is 1.18. The maximum Gasteiger partial charge on any atom is 0.223 e. The van der Waals surface area contributed by atoms with Crippen LogP contribution in [0.2, 0.25) is 0 Å². The first-order chi connectivity index (χ1) is 11.9. The van der Waals surface area contributed by atoms with Gasteiger partial charge in [-0.15, -0.1) is 0 Å². The van der Waals surface area contributed by atoms with Gasteiger partial charge in [-0.05, 0) is 55.7 Å². The molecule has 0 spiro atoms. The Bertz CT molecular complexity index is 650. The molecule has 1 N–H and O–H groups in total. The number of nitrogens with zero attached hydrogens (tertiary/aromatic N) is 2. The minimum absolute atomic E-state index is 0.00915. The van der Waals surface area contributed by atoms with E-state index in [0.717, 1.165) is 24.5 Å². The number of nitrogens with one attached hydrogen (secondary N) is 1. The monoisotopic (exact) mass is 343 g/mol. The van der Waals surface area contributed by atoms with Crippen molar-refractivity contribution < 1.29 is 9.59 Å². The van der Waals surface area contributed by atoms with Crippen LogP contribution in [0.5, 0.6) is 0 Å². The standard InChI is InChI=1S/C20H29N3O2/c1-14(24)16-12-17(20(16,2)3)19(25)22-13-15-7-8-21-18(11-15)23-9-5-4-6-10-23/h7-8,11,16-17H,4-6,9-10,12-13H2,1-3H3,(H,22,25)/t16-,17+/m0/s1. The highest BCUT2D eigenvalue weighted by Crippen LogP contribution is 2.51. The van der Waals surface area contributed by atoms with Gasteiger partial charge in [0.15, 0.2) is 0 Å². The number of ketones is 1.